The largest absolute Gasteiger partial charge is 0.352 e. The van der Waals surface area contributed by atoms with E-state index in [0.29, 0.717) is 0 Å². The third-order valence-corrected chi connectivity index (χ3v) is 1.43. The molecule has 0 aromatic rings. The Kier molecular flexibility index (Phi) is 12.7. The fraction of sp³-hybridized carbons (Fsp3) is 0.889. The van der Waals surface area contributed by atoms with Gasteiger partial charge in [-0.2, -0.15) is 0 Å². The molecule has 0 spiro atoms. The molecule has 0 aromatic heterocycles. The van der Waals surface area contributed by atoms with Crippen LogP contribution < -0.4 is 16.4 Å². The van der Waals surface area contributed by atoms with Gasteiger partial charge in [-0.3, -0.25) is 0 Å². The SMILES string of the molecule is CC.CCCC(CNC)NC(N)=O. The van der Waals surface area contributed by atoms with Gasteiger partial charge in [0.2, 0.25) is 0 Å². The van der Waals surface area contributed by atoms with Crippen molar-refractivity contribution in [3.8, 4) is 0 Å². The summed E-state index contributed by atoms with van der Waals surface area (Å²) in [7, 11) is 1.85. The van der Waals surface area contributed by atoms with Gasteiger partial charge in [-0.15, -0.1) is 0 Å². The Morgan fingerprint density at radius 2 is 2.00 bits per heavy atom. The van der Waals surface area contributed by atoms with Crippen molar-refractivity contribution in [2.75, 3.05) is 13.6 Å². The number of amides is 2. The number of hydrogen-bond acceptors (Lipinski definition) is 2. The lowest BCUT2D eigenvalue weighted by molar-refractivity contribution is 0.244. The number of carbonyl (C=O) groups excluding carboxylic acids is 1. The quantitative estimate of drug-likeness (QED) is 0.605. The van der Waals surface area contributed by atoms with E-state index in [9.17, 15) is 4.79 Å². The van der Waals surface area contributed by atoms with E-state index in [1.165, 1.54) is 0 Å². The van der Waals surface area contributed by atoms with Gasteiger partial charge >= 0.3 is 6.03 Å². The van der Waals surface area contributed by atoms with Crippen molar-refractivity contribution in [3.05, 3.63) is 0 Å². The molecule has 0 fully saturated rings. The first kappa shape index (κ1) is 14.7. The molecule has 0 aliphatic heterocycles. The highest BCUT2D eigenvalue weighted by Gasteiger charge is 2.06. The zero-order valence-electron chi connectivity index (χ0n) is 9.18. The van der Waals surface area contributed by atoms with Gasteiger partial charge in [-0.1, -0.05) is 27.2 Å². The molecular weight excluding hydrogens is 166 g/mol. The maximum Gasteiger partial charge on any atom is 0.312 e. The van der Waals surface area contributed by atoms with Crippen LogP contribution >= 0.6 is 0 Å². The molecule has 4 nitrogen and oxygen atoms in total. The van der Waals surface area contributed by atoms with E-state index in [4.69, 9.17) is 5.73 Å². The fourth-order valence-electron chi connectivity index (χ4n) is 1.02. The monoisotopic (exact) mass is 189 g/mol. The second kappa shape index (κ2) is 11.2. The second-order valence-corrected chi connectivity index (χ2v) is 2.55. The molecule has 4 heteroatoms. The van der Waals surface area contributed by atoms with Crippen LogP contribution in [0.15, 0.2) is 0 Å². The number of nitrogens with two attached hydrogens (primary N) is 1. The van der Waals surface area contributed by atoms with Crippen LogP contribution in [0.25, 0.3) is 0 Å². The van der Waals surface area contributed by atoms with Gasteiger partial charge in [0.25, 0.3) is 0 Å². The van der Waals surface area contributed by atoms with Crippen molar-refractivity contribution in [1.29, 1.82) is 0 Å². The lowest BCUT2D eigenvalue weighted by Crippen LogP contribution is -2.43. The predicted molar refractivity (Wildman–Crippen MR) is 56.7 cm³/mol. The third kappa shape index (κ3) is 11.2. The van der Waals surface area contributed by atoms with E-state index in [1.54, 1.807) is 0 Å². The summed E-state index contributed by atoms with van der Waals surface area (Å²) < 4.78 is 0. The summed E-state index contributed by atoms with van der Waals surface area (Å²) in [5, 5.41) is 5.65. The van der Waals surface area contributed by atoms with E-state index in [2.05, 4.69) is 17.6 Å². The molecule has 1 unspecified atom stereocenters. The van der Waals surface area contributed by atoms with E-state index in [-0.39, 0.29) is 6.04 Å². The molecule has 0 saturated heterocycles. The van der Waals surface area contributed by atoms with Gasteiger partial charge in [-0.05, 0) is 13.5 Å². The van der Waals surface area contributed by atoms with Gasteiger partial charge in [0.05, 0.1) is 0 Å². The van der Waals surface area contributed by atoms with E-state index in [1.807, 2.05) is 20.9 Å². The molecule has 1 atom stereocenters. The highest BCUT2D eigenvalue weighted by molar-refractivity contribution is 5.71. The molecule has 4 N–H and O–H groups in total. The Morgan fingerprint density at radius 3 is 2.31 bits per heavy atom. The number of carbonyl (C=O) groups is 1. The molecule has 0 rings (SSSR count). The smallest absolute Gasteiger partial charge is 0.312 e. The Bertz CT molecular complexity index is 111. The molecule has 2 amide bonds. The first-order valence-corrected chi connectivity index (χ1v) is 4.91. The second-order valence-electron chi connectivity index (χ2n) is 2.55. The summed E-state index contributed by atoms with van der Waals surface area (Å²) in [5.74, 6) is 0. The van der Waals surface area contributed by atoms with Crippen molar-refractivity contribution in [2.24, 2.45) is 5.73 Å². The molecule has 13 heavy (non-hydrogen) atoms. The normalized spacial score (nSPS) is 11.1. The van der Waals surface area contributed by atoms with Crippen LogP contribution in [0.1, 0.15) is 33.6 Å². The summed E-state index contributed by atoms with van der Waals surface area (Å²) >= 11 is 0. The first-order chi connectivity index (χ1) is 6.20. The van der Waals surface area contributed by atoms with Crippen molar-refractivity contribution >= 4 is 6.03 Å². The van der Waals surface area contributed by atoms with Crippen molar-refractivity contribution in [1.82, 2.24) is 10.6 Å². The van der Waals surface area contributed by atoms with Crippen LogP contribution in [0, 0.1) is 0 Å². The third-order valence-electron chi connectivity index (χ3n) is 1.43. The number of primary amides is 1. The maximum atomic E-state index is 10.4. The van der Waals surface area contributed by atoms with Crippen LogP contribution in [-0.4, -0.2) is 25.7 Å². The highest BCUT2D eigenvalue weighted by Crippen LogP contribution is 1.93. The Labute approximate surface area is 81.3 Å². The van der Waals surface area contributed by atoms with E-state index < -0.39 is 6.03 Å². The minimum Gasteiger partial charge on any atom is -0.352 e. The number of hydrogen-bond donors (Lipinski definition) is 3. The average molecular weight is 189 g/mol. The summed E-state index contributed by atoms with van der Waals surface area (Å²) in [4.78, 5) is 10.4. The van der Waals surface area contributed by atoms with Crippen molar-refractivity contribution < 1.29 is 4.79 Å². The molecule has 0 aliphatic rings. The number of rotatable bonds is 5. The van der Waals surface area contributed by atoms with Crippen molar-refractivity contribution in [3.63, 3.8) is 0 Å². The number of nitrogens with one attached hydrogen (secondary N) is 2. The molecule has 0 aromatic carbocycles. The number of likely N-dealkylation sites (N-methyl/N-ethyl adjacent to an activating group) is 1. The van der Waals surface area contributed by atoms with Gasteiger partial charge in [0.15, 0.2) is 0 Å². The molecule has 80 valence electrons. The Morgan fingerprint density at radius 1 is 1.46 bits per heavy atom. The van der Waals surface area contributed by atoms with Crippen LogP contribution in [-0.2, 0) is 0 Å². The lowest BCUT2D eigenvalue weighted by Gasteiger charge is -2.15. The molecule has 0 aliphatic carbocycles. The summed E-state index contributed by atoms with van der Waals surface area (Å²) in [5.41, 5.74) is 4.98. The topological polar surface area (TPSA) is 67.2 Å². The Balaban J connectivity index is 0. The molecule has 0 saturated carbocycles. The zero-order valence-corrected chi connectivity index (χ0v) is 9.18. The van der Waals surface area contributed by atoms with Gasteiger partial charge in [0, 0.05) is 12.6 Å². The van der Waals surface area contributed by atoms with Crippen LogP contribution in [0.5, 0.6) is 0 Å². The fourth-order valence-corrected chi connectivity index (χ4v) is 1.02. The van der Waals surface area contributed by atoms with Crippen LogP contribution in [0.3, 0.4) is 0 Å². The summed E-state index contributed by atoms with van der Waals surface area (Å²) in [6.45, 7) is 6.85. The van der Waals surface area contributed by atoms with Gasteiger partial charge in [0.1, 0.15) is 0 Å². The van der Waals surface area contributed by atoms with Crippen LogP contribution in [0.4, 0.5) is 4.79 Å². The Hall–Kier alpha value is -0.770. The highest BCUT2D eigenvalue weighted by atomic mass is 16.2. The average Bonchev–Trinajstić information content (AvgIpc) is 2.08. The van der Waals surface area contributed by atoms with Crippen LogP contribution in [0.2, 0.25) is 0 Å². The zero-order chi connectivity index (χ0) is 10.7. The molecule has 0 radical (unpaired) electrons. The lowest BCUT2D eigenvalue weighted by atomic mass is 10.2. The molecule has 0 heterocycles. The standard InChI is InChI=1S/C7H17N3O.C2H6/c1-3-4-6(5-9-2)10-7(8)11;1-2/h6,9H,3-5H2,1-2H3,(H3,8,10,11);1-2H3. The van der Waals surface area contributed by atoms with E-state index >= 15 is 0 Å². The van der Waals surface area contributed by atoms with Crippen molar-refractivity contribution in [2.45, 2.75) is 39.7 Å². The molecular formula is C9H23N3O. The van der Waals surface area contributed by atoms with Gasteiger partial charge < -0.3 is 16.4 Å². The van der Waals surface area contributed by atoms with Gasteiger partial charge in [-0.25, -0.2) is 4.79 Å². The predicted octanol–water partition coefficient (Wildman–Crippen LogP) is 1.07. The minimum atomic E-state index is -0.446. The summed E-state index contributed by atoms with van der Waals surface area (Å²) in [6.07, 6.45) is 2.01. The minimum absolute atomic E-state index is 0.169. The molecule has 0 bridgehead atoms. The summed E-state index contributed by atoms with van der Waals surface area (Å²) in [6, 6.07) is -0.277. The number of urea groups is 1. The van der Waals surface area contributed by atoms with E-state index in [0.717, 1.165) is 19.4 Å². The maximum absolute atomic E-state index is 10.4. The first-order valence-electron chi connectivity index (χ1n) is 4.91.